The zero-order valence-corrected chi connectivity index (χ0v) is 14.2. The van der Waals surface area contributed by atoms with Crippen molar-refractivity contribution in [3.8, 4) is 5.75 Å². The number of aryl methyl sites for hydroxylation is 3. The summed E-state index contributed by atoms with van der Waals surface area (Å²) in [6.45, 7) is 4.62. The van der Waals surface area contributed by atoms with Crippen molar-refractivity contribution in [3.05, 3.63) is 42.0 Å². The van der Waals surface area contributed by atoms with Gasteiger partial charge >= 0.3 is 0 Å². The number of imidazole rings is 1. The Labute approximate surface area is 142 Å². The third-order valence-electron chi connectivity index (χ3n) is 3.95. The standard InChI is InChI=1S/C17H22N4OS/c1-13-11-18-12-21(13)8-3-7-19-17(23)20-15-6-5-14-4-2-9-22-16(14)10-15/h5-6,10-12H,2-4,7-9H2,1H3,(H2,19,20,23). The molecular weight excluding hydrogens is 308 g/mol. The Balaban J connectivity index is 1.43. The highest BCUT2D eigenvalue weighted by Gasteiger charge is 2.10. The van der Waals surface area contributed by atoms with E-state index in [1.54, 1.807) is 0 Å². The van der Waals surface area contributed by atoms with Gasteiger partial charge in [-0.25, -0.2) is 4.98 Å². The second-order valence-corrected chi connectivity index (χ2v) is 6.15. The summed E-state index contributed by atoms with van der Waals surface area (Å²) >= 11 is 5.35. The van der Waals surface area contributed by atoms with Gasteiger partial charge in [0.05, 0.1) is 12.9 Å². The van der Waals surface area contributed by atoms with Crippen LogP contribution in [0.3, 0.4) is 0 Å². The summed E-state index contributed by atoms with van der Waals surface area (Å²) < 4.78 is 7.82. The lowest BCUT2D eigenvalue weighted by molar-refractivity contribution is 0.288. The molecule has 23 heavy (non-hydrogen) atoms. The third kappa shape index (κ3) is 4.22. The van der Waals surface area contributed by atoms with Crippen LogP contribution >= 0.6 is 12.2 Å². The van der Waals surface area contributed by atoms with Crippen LogP contribution in [0.2, 0.25) is 0 Å². The van der Waals surface area contributed by atoms with E-state index in [1.165, 1.54) is 11.3 Å². The first kappa shape index (κ1) is 15.8. The first-order chi connectivity index (χ1) is 11.2. The lowest BCUT2D eigenvalue weighted by Gasteiger charge is -2.18. The first-order valence-electron chi connectivity index (χ1n) is 8.00. The quantitative estimate of drug-likeness (QED) is 0.652. The van der Waals surface area contributed by atoms with Gasteiger partial charge in [-0.3, -0.25) is 0 Å². The second kappa shape index (κ2) is 7.46. The van der Waals surface area contributed by atoms with Crippen LogP contribution in [0.25, 0.3) is 0 Å². The van der Waals surface area contributed by atoms with Crippen molar-refractivity contribution < 1.29 is 4.74 Å². The molecule has 0 radical (unpaired) electrons. The van der Waals surface area contributed by atoms with Crippen LogP contribution < -0.4 is 15.4 Å². The van der Waals surface area contributed by atoms with Gasteiger partial charge in [0.25, 0.3) is 0 Å². The van der Waals surface area contributed by atoms with E-state index in [1.807, 2.05) is 18.6 Å². The number of thiocarbonyl (C=S) groups is 1. The van der Waals surface area contributed by atoms with E-state index < -0.39 is 0 Å². The summed E-state index contributed by atoms with van der Waals surface area (Å²) in [5.74, 6) is 0.972. The van der Waals surface area contributed by atoms with Crippen LogP contribution in [0, 0.1) is 6.92 Å². The number of hydrogen-bond donors (Lipinski definition) is 2. The molecular formula is C17H22N4OS. The van der Waals surface area contributed by atoms with Gasteiger partial charge in [-0.05, 0) is 50.0 Å². The molecule has 1 aromatic carbocycles. The number of rotatable bonds is 5. The van der Waals surface area contributed by atoms with E-state index in [2.05, 4.69) is 39.2 Å². The molecule has 1 aromatic heterocycles. The third-order valence-corrected chi connectivity index (χ3v) is 4.20. The van der Waals surface area contributed by atoms with Gasteiger partial charge in [-0.1, -0.05) is 6.07 Å². The smallest absolute Gasteiger partial charge is 0.170 e. The van der Waals surface area contributed by atoms with Crippen molar-refractivity contribution in [2.45, 2.75) is 32.7 Å². The molecule has 0 spiro atoms. The van der Waals surface area contributed by atoms with Crippen molar-refractivity contribution in [1.82, 2.24) is 14.9 Å². The molecule has 0 fully saturated rings. The average molecular weight is 330 g/mol. The first-order valence-corrected chi connectivity index (χ1v) is 8.40. The normalized spacial score (nSPS) is 13.1. The lowest BCUT2D eigenvalue weighted by atomic mass is 10.1. The number of hydrogen-bond acceptors (Lipinski definition) is 3. The maximum absolute atomic E-state index is 5.68. The van der Waals surface area contributed by atoms with Crippen molar-refractivity contribution in [2.75, 3.05) is 18.5 Å². The minimum Gasteiger partial charge on any atom is -0.493 e. The Morgan fingerprint density at radius 2 is 2.35 bits per heavy atom. The Morgan fingerprint density at radius 3 is 3.17 bits per heavy atom. The topological polar surface area (TPSA) is 51.1 Å². The Hall–Kier alpha value is -2.08. The van der Waals surface area contributed by atoms with E-state index in [4.69, 9.17) is 17.0 Å². The SMILES string of the molecule is Cc1cncn1CCCNC(=S)Nc1ccc2c(c1)OCCC2. The molecule has 1 aliphatic heterocycles. The molecule has 2 aromatic rings. The number of fused-ring (bicyclic) bond motifs is 1. The number of anilines is 1. The van der Waals surface area contributed by atoms with Crippen molar-refractivity contribution in [1.29, 1.82) is 0 Å². The van der Waals surface area contributed by atoms with Crippen molar-refractivity contribution >= 4 is 23.0 Å². The van der Waals surface area contributed by atoms with Crippen LogP contribution in [0.5, 0.6) is 5.75 Å². The highest BCUT2D eigenvalue weighted by Crippen LogP contribution is 2.27. The summed E-state index contributed by atoms with van der Waals surface area (Å²) in [6, 6.07) is 6.19. The minimum atomic E-state index is 0.642. The molecule has 122 valence electrons. The minimum absolute atomic E-state index is 0.642. The van der Waals surface area contributed by atoms with Gasteiger partial charge in [0.2, 0.25) is 0 Å². The van der Waals surface area contributed by atoms with E-state index in [0.717, 1.165) is 50.4 Å². The number of nitrogens with one attached hydrogen (secondary N) is 2. The number of aromatic nitrogens is 2. The fourth-order valence-electron chi connectivity index (χ4n) is 2.67. The maximum atomic E-state index is 5.68. The van der Waals surface area contributed by atoms with Gasteiger partial charge in [-0.2, -0.15) is 0 Å². The van der Waals surface area contributed by atoms with E-state index >= 15 is 0 Å². The van der Waals surface area contributed by atoms with Gasteiger partial charge in [0.15, 0.2) is 5.11 Å². The van der Waals surface area contributed by atoms with Crippen LogP contribution in [0.1, 0.15) is 24.1 Å². The van der Waals surface area contributed by atoms with Crippen LogP contribution in [0.15, 0.2) is 30.7 Å². The van der Waals surface area contributed by atoms with Gasteiger partial charge in [-0.15, -0.1) is 0 Å². The largest absolute Gasteiger partial charge is 0.493 e. The summed E-state index contributed by atoms with van der Waals surface area (Å²) in [4.78, 5) is 4.12. The van der Waals surface area contributed by atoms with Gasteiger partial charge < -0.3 is 19.9 Å². The molecule has 0 atom stereocenters. The second-order valence-electron chi connectivity index (χ2n) is 5.74. The van der Waals surface area contributed by atoms with Crippen LogP contribution in [-0.2, 0) is 13.0 Å². The summed E-state index contributed by atoms with van der Waals surface area (Å²) in [6.07, 6.45) is 6.91. The number of benzene rings is 1. The van der Waals surface area contributed by atoms with Crippen LogP contribution in [-0.4, -0.2) is 27.8 Å². The molecule has 5 nitrogen and oxygen atoms in total. The monoisotopic (exact) mass is 330 g/mol. The molecule has 2 N–H and O–H groups in total. The molecule has 0 saturated heterocycles. The summed E-state index contributed by atoms with van der Waals surface area (Å²) in [5.41, 5.74) is 3.42. The molecule has 1 aliphatic rings. The highest BCUT2D eigenvalue weighted by molar-refractivity contribution is 7.80. The molecule has 0 bridgehead atoms. The average Bonchev–Trinajstić information content (AvgIpc) is 2.97. The van der Waals surface area contributed by atoms with Gasteiger partial charge in [0.1, 0.15) is 5.75 Å². The highest BCUT2D eigenvalue weighted by atomic mass is 32.1. The van der Waals surface area contributed by atoms with E-state index in [9.17, 15) is 0 Å². The Kier molecular flexibility index (Phi) is 5.12. The summed E-state index contributed by atoms with van der Waals surface area (Å²) in [7, 11) is 0. The molecule has 0 amide bonds. The summed E-state index contributed by atoms with van der Waals surface area (Å²) in [5, 5.41) is 7.10. The van der Waals surface area contributed by atoms with Crippen LogP contribution in [0.4, 0.5) is 5.69 Å². The number of ether oxygens (including phenoxy) is 1. The molecule has 0 aliphatic carbocycles. The molecule has 2 heterocycles. The fourth-order valence-corrected chi connectivity index (χ4v) is 2.89. The van der Waals surface area contributed by atoms with Gasteiger partial charge in [0, 0.05) is 36.7 Å². The predicted molar refractivity (Wildman–Crippen MR) is 96.1 cm³/mol. The zero-order chi connectivity index (χ0) is 16.1. The number of nitrogens with zero attached hydrogens (tertiary/aromatic N) is 2. The molecule has 0 saturated carbocycles. The molecule has 3 rings (SSSR count). The Bertz CT molecular complexity index is 683. The predicted octanol–water partition coefficient (Wildman–Crippen LogP) is 2.89. The lowest BCUT2D eigenvalue weighted by Crippen LogP contribution is -2.29. The molecule has 0 unspecified atom stereocenters. The van der Waals surface area contributed by atoms with Crippen molar-refractivity contribution in [2.24, 2.45) is 0 Å². The zero-order valence-electron chi connectivity index (χ0n) is 13.3. The molecule has 6 heteroatoms. The van der Waals surface area contributed by atoms with E-state index in [-0.39, 0.29) is 0 Å². The maximum Gasteiger partial charge on any atom is 0.170 e. The van der Waals surface area contributed by atoms with Crippen molar-refractivity contribution in [3.63, 3.8) is 0 Å². The Morgan fingerprint density at radius 1 is 1.43 bits per heavy atom. The van der Waals surface area contributed by atoms with E-state index in [0.29, 0.717) is 5.11 Å². The fraction of sp³-hybridized carbons (Fsp3) is 0.412.